The van der Waals surface area contributed by atoms with E-state index < -0.39 is 5.97 Å². The number of hydrogen-bond donors (Lipinski definition) is 2. The van der Waals surface area contributed by atoms with Gasteiger partial charge in [0.2, 0.25) is 0 Å². The lowest BCUT2D eigenvalue weighted by Gasteiger charge is -2.09. The van der Waals surface area contributed by atoms with E-state index in [1.807, 2.05) is 0 Å². The van der Waals surface area contributed by atoms with Crippen molar-refractivity contribution in [3.63, 3.8) is 0 Å². The second-order valence-corrected chi connectivity index (χ2v) is 5.56. The number of rotatable bonds is 3. The molecule has 0 spiro atoms. The number of fused-ring (bicyclic) bond motifs is 1. The molecule has 0 aliphatic rings. The summed E-state index contributed by atoms with van der Waals surface area (Å²) in [5.74, 6) is -1.41. The molecule has 106 valence electrons. The average Bonchev–Trinajstić information content (AvgIpc) is 2.90. The van der Waals surface area contributed by atoms with Crippen LogP contribution in [0.25, 0.3) is 10.9 Å². The van der Waals surface area contributed by atoms with Crippen molar-refractivity contribution in [2.45, 2.75) is 6.42 Å². The Morgan fingerprint density at radius 1 is 1.33 bits per heavy atom. The Balaban J connectivity index is 2.16. The Kier molecular flexibility index (Phi) is 3.47. The molecular formula is C15H10BrFN2O2. The monoisotopic (exact) mass is 348 g/mol. The molecule has 3 aromatic rings. The number of aromatic nitrogens is 2. The number of hydrogen-bond acceptors (Lipinski definition) is 2. The van der Waals surface area contributed by atoms with Gasteiger partial charge < -0.3 is 5.11 Å². The molecule has 1 aromatic heterocycles. The summed E-state index contributed by atoms with van der Waals surface area (Å²) in [4.78, 5) is 11.4. The number of nitrogens with one attached hydrogen (secondary N) is 1. The quantitative estimate of drug-likeness (QED) is 0.757. The zero-order valence-corrected chi connectivity index (χ0v) is 12.3. The molecule has 0 aliphatic carbocycles. The molecule has 0 aliphatic heterocycles. The van der Waals surface area contributed by atoms with Crippen molar-refractivity contribution in [3.8, 4) is 0 Å². The molecular weight excluding hydrogens is 339 g/mol. The smallest absolute Gasteiger partial charge is 0.335 e. The van der Waals surface area contributed by atoms with E-state index >= 15 is 0 Å². The average molecular weight is 349 g/mol. The molecule has 4 nitrogen and oxygen atoms in total. The van der Waals surface area contributed by atoms with Gasteiger partial charge in [0.15, 0.2) is 0 Å². The van der Waals surface area contributed by atoms with Crippen molar-refractivity contribution in [1.82, 2.24) is 10.2 Å². The lowest BCUT2D eigenvalue weighted by Crippen LogP contribution is -2.04. The van der Waals surface area contributed by atoms with Crippen LogP contribution < -0.4 is 0 Å². The molecule has 0 bridgehead atoms. The van der Waals surface area contributed by atoms with Crippen LogP contribution in [-0.4, -0.2) is 21.3 Å². The van der Waals surface area contributed by atoms with E-state index in [9.17, 15) is 14.3 Å². The Bertz CT molecular complexity index is 845. The zero-order valence-electron chi connectivity index (χ0n) is 10.7. The summed E-state index contributed by atoms with van der Waals surface area (Å²) in [6.45, 7) is 0. The van der Waals surface area contributed by atoms with Gasteiger partial charge in [0.05, 0.1) is 17.3 Å². The number of aromatic amines is 1. The van der Waals surface area contributed by atoms with Crippen LogP contribution in [0.15, 0.2) is 41.0 Å². The molecule has 0 saturated heterocycles. The van der Waals surface area contributed by atoms with E-state index in [1.54, 1.807) is 24.4 Å². The summed E-state index contributed by atoms with van der Waals surface area (Å²) < 4.78 is 14.6. The first-order chi connectivity index (χ1) is 10.1. The number of benzene rings is 2. The normalized spacial score (nSPS) is 11.0. The Hall–Kier alpha value is -2.21. The fourth-order valence-electron chi connectivity index (χ4n) is 2.32. The number of aromatic carboxylic acids is 1. The molecule has 0 amide bonds. The van der Waals surface area contributed by atoms with Crippen molar-refractivity contribution in [2.24, 2.45) is 0 Å². The molecule has 21 heavy (non-hydrogen) atoms. The molecule has 1 heterocycles. The third-order valence-corrected chi connectivity index (χ3v) is 3.84. The molecule has 0 fully saturated rings. The van der Waals surface area contributed by atoms with Gasteiger partial charge in [-0.05, 0) is 35.4 Å². The fourth-order valence-corrected chi connectivity index (χ4v) is 2.66. The van der Waals surface area contributed by atoms with Gasteiger partial charge >= 0.3 is 5.97 Å². The van der Waals surface area contributed by atoms with E-state index in [-0.39, 0.29) is 17.8 Å². The molecule has 2 N–H and O–H groups in total. The summed E-state index contributed by atoms with van der Waals surface area (Å²) in [5.41, 5.74) is 1.88. The lowest BCUT2D eigenvalue weighted by atomic mass is 9.96. The topological polar surface area (TPSA) is 66.0 Å². The highest BCUT2D eigenvalue weighted by Gasteiger charge is 2.16. The first kappa shape index (κ1) is 13.8. The molecule has 3 rings (SSSR count). The van der Waals surface area contributed by atoms with Crippen LogP contribution in [0.1, 0.15) is 21.5 Å². The summed E-state index contributed by atoms with van der Waals surface area (Å²) in [6, 6.07) is 7.91. The maximum Gasteiger partial charge on any atom is 0.335 e. The number of halogens is 2. The van der Waals surface area contributed by atoms with Crippen LogP contribution >= 0.6 is 15.9 Å². The Morgan fingerprint density at radius 3 is 2.86 bits per heavy atom. The van der Waals surface area contributed by atoms with Gasteiger partial charge in [-0.1, -0.05) is 22.0 Å². The molecule has 2 aromatic carbocycles. The summed E-state index contributed by atoms with van der Waals surface area (Å²) in [5, 5.41) is 16.7. The van der Waals surface area contributed by atoms with Crippen LogP contribution in [0, 0.1) is 5.82 Å². The lowest BCUT2D eigenvalue weighted by molar-refractivity contribution is 0.0696. The van der Waals surface area contributed by atoms with E-state index in [0.29, 0.717) is 21.0 Å². The number of H-pyrrole nitrogens is 1. The summed E-state index contributed by atoms with van der Waals surface area (Å²) in [6.07, 6.45) is 1.76. The van der Waals surface area contributed by atoms with Crippen molar-refractivity contribution in [2.75, 3.05) is 0 Å². The second-order valence-electron chi connectivity index (χ2n) is 4.64. The first-order valence-electron chi connectivity index (χ1n) is 6.18. The fraction of sp³-hybridized carbons (Fsp3) is 0.0667. The minimum absolute atomic E-state index is 0.159. The Morgan fingerprint density at radius 2 is 2.14 bits per heavy atom. The summed E-state index contributed by atoms with van der Waals surface area (Å²) >= 11 is 3.20. The third kappa shape index (κ3) is 2.54. The van der Waals surface area contributed by atoms with E-state index in [1.165, 1.54) is 12.1 Å². The maximum absolute atomic E-state index is 14.0. The number of carboxylic acid groups (broad SMARTS) is 1. The highest BCUT2D eigenvalue weighted by Crippen LogP contribution is 2.26. The first-order valence-corrected chi connectivity index (χ1v) is 6.97. The summed E-state index contributed by atoms with van der Waals surface area (Å²) in [7, 11) is 0. The number of carbonyl (C=O) groups is 1. The van der Waals surface area contributed by atoms with Crippen molar-refractivity contribution < 1.29 is 14.3 Å². The van der Waals surface area contributed by atoms with Gasteiger partial charge in [-0.2, -0.15) is 5.10 Å². The van der Waals surface area contributed by atoms with Crippen LogP contribution in [0.4, 0.5) is 4.39 Å². The van der Waals surface area contributed by atoms with E-state index in [4.69, 9.17) is 0 Å². The predicted octanol–water partition coefficient (Wildman–Crippen LogP) is 3.75. The number of carboxylic acids is 1. The molecule has 0 atom stereocenters. The van der Waals surface area contributed by atoms with Crippen molar-refractivity contribution in [1.29, 1.82) is 0 Å². The van der Waals surface area contributed by atoms with Gasteiger partial charge in [-0.15, -0.1) is 0 Å². The third-order valence-electron chi connectivity index (χ3n) is 3.35. The molecule has 0 radical (unpaired) electrons. The van der Waals surface area contributed by atoms with Crippen LogP contribution in [0.3, 0.4) is 0 Å². The van der Waals surface area contributed by atoms with Crippen LogP contribution in [-0.2, 0) is 6.42 Å². The van der Waals surface area contributed by atoms with E-state index in [2.05, 4.69) is 26.1 Å². The number of nitrogens with zero attached hydrogens (tertiary/aromatic N) is 1. The van der Waals surface area contributed by atoms with Crippen LogP contribution in [0.2, 0.25) is 0 Å². The van der Waals surface area contributed by atoms with Gasteiger partial charge in [0.25, 0.3) is 0 Å². The SMILES string of the molecule is O=C(O)c1ccc2[nH]ncc2c1Cc1ccc(Br)cc1F. The van der Waals surface area contributed by atoms with Crippen molar-refractivity contribution in [3.05, 3.63) is 63.5 Å². The van der Waals surface area contributed by atoms with Gasteiger partial charge in [0, 0.05) is 16.3 Å². The van der Waals surface area contributed by atoms with Gasteiger partial charge in [-0.25, -0.2) is 9.18 Å². The van der Waals surface area contributed by atoms with Crippen LogP contribution in [0.5, 0.6) is 0 Å². The molecule has 6 heteroatoms. The van der Waals surface area contributed by atoms with Crippen molar-refractivity contribution >= 4 is 32.8 Å². The van der Waals surface area contributed by atoms with Gasteiger partial charge in [-0.3, -0.25) is 5.10 Å². The van der Waals surface area contributed by atoms with Gasteiger partial charge in [0.1, 0.15) is 5.82 Å². The minimum atomic E-state index is -1.04. The Labute approximate surface area is 127 Å². The largest absolute Gasteiger partial charge is 0.478 e. The predicted molar refractivity (Wildman–Crippen MR) is 80.0 cm³/mol. The second kappa shape index (κ2) is 5.29. The standard InChI is InChI=1S/C15H10BrFN2O2/c16-9-2-1-8(13(17)6-9)5-11-10(15(20)21)3-4-14-12(11)7-18-19-14/h1-4,6-7H,5H2,(H,18,19)(H,20,21). The zero-order chi connectivity index (χ0) is 15.0. The maximum atomic E-state index is 14.0. The highest BCUT2D eigenvalue weighted by atomic mass is 79.9. The molecule has 0 unspecified atom stereocenters. The minimum Gasteiger partial charge on any atom is -0.478 e. The highest BCUT2D eigenvalue weighted by molar-refractivity contribution is 9.10. The van der Waals surface area contributed by atoms with E-state index in [0.717, 1.165) is 5.52 Å². The molecule has 0 saturated carbocycles.